The number of hydrogen-bond donors (Lipinski definition) is 2. The Hall–Kier alpha value is -5.57. The molecule has 1 unspecified atom stereocenters. The third-order valence-corrected chi connectivity index (χ3v) is 14.8. The number of nitrogens with one attached hydrogen (secondary N) is 2. The summed E-state index contributed by atoms with van der Waals surface area (Å²) in [6.45, 7) is 14.1. The average Bonchev–Trinajstić information content (AvgIpc) is 4.07. The number of likely N-dealkylation sites (N-methyl/N-ethyl adjacent to an activating group) is 1. The Balaban J connectivity index is 1.13. The number of cyclic esters (lactones) is 1. The van der Waals surface area contributed by atoms with Crippen LogP contribution in [0.2, 0.25) is 0 Å². The highest BCUT2D eigenvalue weighted by atomic mass is 19.4. The van der Waals surface area contributed by atoms with Crippen LogP contribution in [-0.4, -0.2) is 174 Å². The van der Waals surface area contributed by atoms with E-state index in [1.807, 2.05) is 39.8 Å². The van der Waals surface area contributed by atoms with Crippen molar-refractivity contribution in [3.05, 3.63) is 66.0 Å². The van der Waals surface area contributed by atoms with E-state index in [-0.39, 0.29) is 63.0 Å². The van der Waals surface area contributed by atoms with Crippen LogP contribution >= 0.6 is 0 Å². The largest absolute Gasteiger partial charge is 0.464 e. The zero-order valence-corrected chi connectivity index (χ0v) is 41.8. The topological polar surface area (TPSA) is 171 Å². The van der Waals surface area contributed by atoms with E-state index < -0.39 is 72.3 Å². The van der Waals surface area contributed by atoms with Crippen molar-refractivity contribution in [3.8, 4) is 11.3 Å². The van der Waals surface area contributed by atoms with Gasteiger partial charge in [-0.25, -0.2) is 10.2 Å². The van der Waals surface area contributed by atoms with Gasteiger partial charge in [0, 0.05) is 75.0 Å². The molecule has 4 saturated heterocycles. The molecule has 2 aromatic heterocycles. The molecular weight excluding hydrogens is 924 g/mol. The molecule has 5 aliphatic rings. The quantitative estimate of drug-likeness (QED) is 0.218. The fraction of sp³-hybridized carbons (Fsp3) is 0.608. The minimum atomic E-state index is -4.57. The van der Waals surface area contributed by atoms with Gasteiger partial charge in [-0.05, 0) is 92.5 Å². The van der Waals surface area contributed by atoms with Crippen LogP contribution in [0.25, 0.3) is 22.2 Å². The second-order valence-electron chi connectivity index (χ2n) is 20.9. The van der Waals surface area contributed by atoms with Gasteiger partial charge in [0.15, 0.2) is 0 Å². The number of nitrogens with zero attached hydrogens (tertiary/aromatic N) is 7. The van der Waals surface area contributed by atoms with E-state index in [1.54, 1.807) is 48.2 Å². The summed E-state index contributed by atoms with van der Waals surface area (Å²) in [4.78, 5) is 81.5. The number of aromatic nitrogens is 2. The van der Waals surface area contributed by atoms with Gasteiger partial charge in [0.2, 0.25) is 11.8 Å². The minimum Gasteiger partial charge on any atom is -0.464 e. The van der Waals surface area contributed by atoms with E-state index in [9.17, 15) is 37.1 Å². The van der Waals surface area contributed by atoms with Crippen molar-refractivity contribution in [1.29, 1.82) is 0 Å². The highest BCUT2D eigenvalue weighted by Crippen LogP contribution is 2.43. The standard InChI is InChI=1S/C51H68F3N9O8/c1-9-42(64)61-20-21-70-41-27-60(26-40(41)61)49(68)58(7)44(30(2)3)46(65)56-38-25-59-19-16-33(24-59)32-14-15-39-35(22-32)36(23-50(5,6)29-71-48(67)37-13-11-18-63(57-37)47(38)66)45(62(39)28-51(52,53)54)34-12-10-17-55-43(34)31(4)69-8/h9-10,12,14-15,17,22,30-31,33,37-38,40-41,44,57H,1,11,13,16,18-21,23-29H2,2-8H3,(H,56,65)/t31-,33-,37-,38-,40+,41-,44-/m0/s1. The van der Waals surface area contributed by atoms with E-state index >= 15 is 0 Å². The van der Waals surface area contributed by atoms with Gasteiger partial charge in [-0.3, -0.25) is 29.2 Å². The molecular formula is C51H68F3N9O8. The van der Waals surface area contributed by atoms with Crippen LogP contribution in [0.1, 0.15) is 82.7 Å². The molecule has 8 rings (SSSR count). The molecule has 0 radical (unpaired) electrons. The number of carbonyl (C=O) groups excluding carboxylic acids is 5. The molecule has 71 heavy (non-hydrogen) atoms. The number of ether oxygens (including phenoxy) is 3. The molecule has 0 spiro atoms. The van der Waals surface area contributed by atoms with E-state index in [0.717, 1.165) is 5.56 Å². The Kier molecular flexibility index (Phi) is 15.2. The number of rotatable bonds is 9. The number of methoxy groups -OCH3 is 1. The van der Waals surface area contributed by atoms with Crippen LogP contribution in [-0.2, 0) is 46.4 Å². The molecule has 5 amide bonds. The lowest BCUT2D eigenvalue weighted by Gasteiger charge is -2.38. The first-order chi connectivity index (χ1) is 33.7. The summed E-state index contributed by atoms with van der Waals surface area (Å²) < 4.78 is 63.1. The van der Waals surface area contributed by atoms with Crippen LogP contribution < -0.4 is 10.7 Å². The third kappa shape index (κ3) is 11.0. The second-order valence-corrected chi connectivity index (χ2v) is 20.9. The summed E-state index contributed by atoms with van der Waals surface area (Å²) in [7, 11) is 3.08. The molecule has 8 atom stereocenters. The van der Waals surface area contributed by atoms with Gasteiger partial charge in [-0.15, -0.1) is 0 Å². The van der Waals surface area contributed by atoms with Gasteiger partial charge in [0.05, 0.1) is 49.4 Å². The van der Waals surface area contributed by atoms with E-state index in [1.165, 1.54) is 27.7 Å². The van der Waals surface area contributed by atoms with Gasteiger partial charge in [-0.2, -0.15) is 13.2 Å². The van der Waals surface area contributed by atoms with Crippen molar-refractivity contribution in [2.24, 2.45) is 11.3 Å². The number of morpholine rings is 1. The Bertz CT molecular complexity index is 2520. The SMILES string of the molecule is C=CC(=O)N1CCO[C@H]2CN(C(=O)N(C)[C@H](C(=O)N[C@H]3CN4CC[C@@H](C4)c4ccc5c(c4)c(c(-c4cccnc4[C@H](C)OC)n5CC(F)(F)F)CC(C)(C)COC(=O)[C@@H]4CCCN(N4)C3=O)C(C)C)C[C@H]21. The average molecular weight is 992 g/mol. The number of urea groups is 1. The fourth-order valence-corrected chi connectivity index (χ4v) is 11.3. The van der Waals surface area contributed by atoms with Crippen molar-refractivity contribution < 1.29 is 51.4 Å². The zero-order chi connectivity index (χ0) is 51.1. The zero-order valence-electron chi connectivity index (χ0n) is 41.8. The number of hydrazine groups is 1. The number of pyridine rings is 1. The first kappa shape index (κ1) is 51.8. The molecule has 0 saturated carbocycles. The van der Waals surface area contributed by atoms with E-state index in [4.69, 9.17) is 14.2 Å². The Morgan fingerprint density at radius 3 is 2.56 bits per heavy atom. The van der Waals surface area contributed by atoms with Gasteiger partial charge >= 0.3 is 18.2 Å². The normalized spacial score (nSPS) is 25.9. The molecule has 386 valence electrons. The highest BCUT2D eigenvalue weighted by molar-refractivity contribution is 5.94. The fourth-order valence-electron chi connectivity index (χ4n) is 11.3. The second kappa shape index (κ2) is 20.9. The first-order valence-corrected chi connectivity index (χ1v) is 24.7. The molecule has 0 aliphatic carbocycles. The molecule has 2 N–H and O–H groups in total. The summed E-state index contributed by atoms with van der Waals surface area (Å²) >= 11 is 0. The van der Waals surface area contributed by atoms with Gasteiger partial charge < -0.3 is 43.7 Å². The number of hydrogen-bond acceptors (Lipinski definition) is 11. The highest BCUT2D eigenvalue weighted by Gasteiger charge is 2.46. The van der Waals surface area contributed by atoms with Crippen LogP contribution in [0.4, 0.5) is 18.0 Å². The van der Waals surface area contributed by atoms with Gasteiger partial charge in [0.25, 0.3) is 5.91 Å². The lowest BCUT2D eigenvalue weighted by atomic mass is 9.84. The maximum atomic E-state index is 14.7. The van der Waals surface area contributed by atoms with Crippen LogP contribution in [0.5, 0.6) is 0 Å². The first-order valence-electron chi connectivity index (χ1n) is 24.7. The lowest BCUT2D eigenvalue weighted by molar-refractivity contribution is -0.155. The number of alkyl halides is 3. The van der Waals surface area contributed by atoms with Crippen molar-refractivity contribution in [2.45, 2.75) is 115 Å². The van der Waals surface area contributed by atoms with Crippen molar-refractivity contribution in [1.82, 2.24) is 44.9 Å². The third-order valence-electron chi connectivity index (χ3n) is 14.8. The monoisotopic (exact) mass is 992 g/mol. The Morgan fingerprint density at radius 2 is 1.85 bits per heavy atom. The molecule has 7 heterocycles. The molecule has 6 bridgehead atoms. The molecule has 17 nitrogen and oxygen atoms in total. The van der Waals surface area contributed by atoms with Gasteiger partial charge in [0.1, 0.15) is 24.7 Å². The molecule has 3 aromatic rings. The lowest BCUT2D eigenvalue weighted by Crippen LogP contribution is -2.63. The van der Waals surface area contributed by atoms with E-state index in [0.29, 0.717) is 78.9 Å². The summed E-state index contributed by atoms with van der Waals surface area (Å²) in [5.74, 6) is -2.27. The molecule has 4 fully saturated rings. The number of amides is 5. The minimum absolute atomic E-state index is 0.0704. The van der Waals surface area contributed by atoms with Crippen molar-refractivity contribution in [3.63, 3.8) is 0 Å². The van der Waals surface area contributed by atoms with E-state index in [2.05, 4.69) is 27.2 Å². The number of esters is 1. The number of fused-ring (bicyclic) bond motifs is 7. The number of likely N-dealkylation sites (tertiary alicyclic amines) is 1. The number of benzene rings is 1. The predicted octanol–water partition coefficient (Wildman–Crippen LogP) is 5.04. The summed E-state index contributed by atoms with van der Waals surface area (Å²) in [6.07, 6.45) is -0.895. The Morgan fingerprint density at radius 1 is 1.07 bits per heavy atom. The summed E-state index contributed by atoms with van der Waals surface area (Å²) in [6, 6.07) is 5.31. The van der Waals surface area contributed by atoms with Crippen molar-refractivity contribution >= 4 is 40.6 Å². The van der Waals surface area contributed by atoms with Gasteiger partial charge in [-0.1, -0.05) is 40.3 Å². The smallest absolute Gasteiger partial charge is 0.406 e. The maximum absolute atomic E-state index is 14.7. The van der Waals surface area contributed by atoms with Crippen molar-refractivity contribution in [2.75, 3.05) is 73.2 Å². The molecule has 1 aromatic carbocycles. The number of halogens is 3. The maximum Gasteiger partial charge on any atom is 0.406 e. The van der Waals surface area contributed by atoms with Crippen LogP contribution in [0, 0.1) is 11.3 Å². The summed E-state index contributed by atoms with van der Waals surface area (Å²) in [5, 5.41) is 5.05. The number of carbonyl (C=O) groups is 5. The molecule has 5 aliphatic heterocycles. The molecule has 20 heteroatoms. The van der Waals surface area contributed by atoms with Crippen LogP contribution in [0.3, 0.4) is 0 Å². The van der Waals surface area contributed by atoms with Crippen LogP contribution in [0.15, 0.2) is 49.2 Å². The predicted molar refractivity (Wildman–Crippen MR) is 257 cm³/mol. The Labute approximate surface area is 412 Å². The summed E-state index contributed by atoms with van der Waals surface area (Å²) in [5.41, 5.74) is 5.66.